The highest BCUT2D eigenvalue weighted by atomic mass is 32.2. The first-order valence-corrected chi connectivity index (χ1v) is 8.75. The van der Waals surface area contributed by atoms with Crippen LogP contribution in [0.15, 0.2) is 17.6 Å². The van der Waals surface area contributed by atoms with Gasteiger partial charge in [-0.3, -0.25) is 4.79 Å². The second kappa shape index (κ2) is 7.17. The van der Waals surface area contributed by atoms with Crippen molar-refractivity contribution in [3.05, 3.63) is 40.6 Å². The van der Waals surface area contributed by atoms with E-state index in [1.54, 1.807) is 0 Å². The lowest BCUT2D eigenvalue weighted by molar-refractivity contribution is -0.109. The summed E-state index contributed by atoms with van der Waals surface area (Å²) >= 11 is 1.03. The average molecular weight is 372 g/mol. The van der Waals surface area contributed by atoms with Gasteiger partial charge >= 0.3 is 7.12 Å². The summed E-state index contributed by atoms with van der Waals surface area (Å²) < 4.78 is 51.9. The van der Waals surface area contributed by atoms with Crippen molar-refractivity contribution in [1.29, 1.82) is 0 Å². The van der Waals surface area contributed by atoms with Gasteiger partial charge in [0.1, 0.15) is 0 Å². The van der Waals surface area contributed by atoms with Crippen LogP contribution in [0.5, 0.6) is 0 Å². The number of thioether (sulfide) groups is 1. The van der Waals surface area contributed by atoms with Gasteiger partial charge in [0, 0.05) is 12.7 Å². The lowest BCUT2D eigenvalue weighted by Crippen LogP contribution is -2.41. The number of carbonyl (C=O) groups excluding carboxylic acids is 1. The molecule has 0 spiro atoms. The minimum absolute atomic E-state index is 0.112. The fourth-order valence-corrected chi connectivity index (χ4v) is 2.82. The monoisotopic (exact) mass is 372 g/mol. The van der Waals surface area contributed by atoms with Crippen molar-refractivity contribution in [1.82, 2.24) is 0 Å². The third-order valence-electron chi connectivity index (χ3n) is 4.36. The van der Waals surface area contributed by atoms with Crippen LogP contribution in [0.2, 0.25) is 0 Å². The Labute approximate surface area is 150 Å². The molecule has 1 heterocycles. The Kier molecular flexibility index (Phi) is 5.76. The van der Waals surface area contributed by atoms with Crippen molar-refractivity contribution in [2.45, 2.75) is 45.8 Å². The van der Waals surface area contributed by atoms with Crippen LogP contribution in [-0.4, -0.2) is 29.2 Å². The molecule has 136 valence electrons. The third-order valence-corrected chi connectivity index (χ3v) is 5.24. The number of hydrogen-bond donors (Lipinski definition) is 0. The van der Waals surface area contributed by atoms with Gasteiger partial charge in [0.05, 0.1) is 11.2 Å². The maximum absolute atomic E-state index is 13.5. The maximum Gasteiger partial charge on any atom is 0.491 e. The Morgan fingerprint density at radius 3 is 2.04 bits per heavy atom. The van der Waals surface area contributed by atoms with Gasteiger partial charge < -0.3 is 9.31 Å². The number of carbonyl (C=O) groups is 1. The van der Waals surface area contributed by atoms with E-state index >= 15 is 0 Å². The summed E-state index contributed by atoms with van der Waals surface area (Å²) in [6.07, 6.45) is 1.46. The van der Waals surface area contributed by atoms with E-state index < -0.39 is 35.8 Å². The SMILES string of the molecule is CC(=O)SCC(=Cc1cc(F)c(F)c(F)c1)B1OC(C)(C)C(C)(C)O1. The molecule has 1 aliphatic rings. The quantitative estimate of drug-likeness (QED) is 0.580. The number of hydrogen-bond acceptors (Lipinski definition) is 4. The molecule has 0 radical (unpaired) electrons. The summed E-state index contributed by atoms with van der Waals surface area (Å²) in [4.78, 5) is 11.3. The highest BCUT2D eigenvalue weighted by Gasteiger charge is 2.52. The molecule has 2 rings (SSSR count). The predicted molar refractivity (Wildman–Crippen MR) is 93.5 cm³/mol. The van der Waals surface area contributed by atoms with Crippen molar-refractivity contribution in [2.75, 3.05) is 5.75 Å². The normalized spacial score (nSPS) is 19.4. The van der Waals surface area contributed by atoms with Gasteiger partial charge in [-0.2, -0.15) is 0 Å². The Bertz CT molecular complexity index is 680. The molecule has 1 aromatic carbocycles. The van der Waals surface area contributed by atoms with E-state index in [2.05, 4.69) is 0 Å². The Morgan fingerprint density at radius 1 is 1.12 bits per heavy atom. The molecule has 0 unspecified atom stereocenters. The molecule has 0 aliphatic carbocycles. The van der Waals surface area contributed by atoms with Gasteiger partial charge in [0.2, 0.25) is 0 Å². The van der Waals surface area contributed by atoms with Gasteiger partial charge in [-0.05, 0) is 50.9 Å². The second-order valence-electron chi connectivity index (χ2n) is 6.89. The summed E-state index contributed by atoms with van der Waals surface area (Å²) in [6, 6.07) is 1.78. The molecular weight excluding hydrogens is 352 g/mol. The standard InChI is InChI=1S/C17H20BF3O3S/c1-10(22)25-9-12(18-23-16(2,3)17(4,5)24-18)6-11-7-13(19)15(21)14(20)8-11/h6-8H,9H2,1-5H3. The molecule has 25 heavy (non-hydrogen) atoms. The van der Waals surface area contributed by atoms with Crippen LogP contribution >= 0.6 is 11.8 Å². The zero-order valence-electron chi connectivity index (χ0n) is 14.8. The highest BCUT2D eigenvalue weighted by Crippen LogP contribution is 2.39. The minimum Gasteiger partial charge on any atom is -0.400 e. The molecule has 0 saturated carbocycles. The summed E-state index contributed by atoms with van der Waals surface area (Å²) in [5.41, 5.74) is -0.539. The molecule has 0 aromatic heterocycles. The van der Waals surface area contributed by atoms with E-state index in [4.69, 9.17) is 9.31 Å². The van der Waals surface area contributed by atoms with E-state index in [1.807, 2.05) is 27.7 Å². The van der Waals surface area contributed by atoms with Gasteiger partial charge in [0.25, 0.3) is 0 Å². The molecular formula is C17H20BF3O3S. The van der Waals surface area contributed by atoms with Crippen LogP contribution in [0.3, 0.4) is 0 Å². The first-order chi connectivity index (χ1) is 11.4. The Hall–Kier alpha value is -1.25. The first kappa shape index (κ1) is 20.1. The topological polar surface area (TPSA) is 35.5 Å². The molecule has 3 nitrogen and oxygen atoms in total. The van der Waals surface area contributed by atoms with Crippen molar-refractivity contribution >= 4 is 30.1 Å². The van der Waals surface area contributed by atoms with Crippen molar-refractivity contribution in [3.63, 3.8) is 0 Å². The Balaban J connectivity index is 2.38. The van der Waals surface area contributed by atoms with Gasteiger partial charge in [0.15, 0.2) is 22.6 Å². The fourth-order valence-electron chi connectivity index (χ4n) is 2.23. The van der Waals surface area contributed by atoms with Crippen LogP contribution in [0.1, 0.15) is 40.2 Å². The minimum atomic E-state index is -1.52. The molecule has 0 amide bonds. The van der Waals surface area contributed by atoms with Crippen molar-refractivity contribution < 1.29 is 27.3 Å². The van der Waals surface area contributed by atoms with Crippen molar-refractivity contribution in [2.24, 2.45) is 0 Å². The first-order valence-electron chi connectivity index (χ1n) is 7.77. The molecule has 0 N–H and O–H groups in total. The molecule has 8 heteroatoms. The lowest BCUT2D eigenvalue weighted by atomic mass is 9.78. The average Bonchev–Trinajstić information content (AvgIpc) is 2.68. The Morgan fingerprint density at radius 2 is 1.60 bits per heavy atom. The molecule has 1 saturated heterocycles. The summed E-state index contributed by atoms with van der Waals surface area (Å²) in [6.45, 7) is 8.92. The number of halogens is 3. The third kappa shape index (κ3) is 4.48. The molecule has 0 bridgehead atoms. The second-order valence-corrected chi connectivity index (χ2v) is 8.04. The zero-order valence-corrected chi connectivity index (χ0v) is 15.6. The van der Waals surface area contributed by atoms with Gasteiger partial charge in [-0.15, -0.1) is 0 Å². The van der Waals surface area contributed by atoms with E-state index in [-0.39, 0.29) is 16.4 Å². The van der Waals surface area contributed by atoms with Gasteiger partial charge in [-0.1, -0.05) is 17.8 Å². The lowest BCUT2D eigenvalue weighted by Gasteiger charge is -2.32. The molecule has 1 aliphatic heterocycles. The zero-order chi connectivity index (χ0) is 19.0. The predicted octanol–water partition coefficient (Wildman–Crippen LogP) is 4.40. The van der Waals surface area contributed by atoms with Crippen LogP contribution in [-0.2, 0) is 14.1 Å². The molecule has 0 atom stereocenters. The highest BCUT2D eigenvalue weighted by molar-refractivity contribution is 8.13. The van der Waals surface area contributed by atoms with Gasteiger partial charge in [-0.25, -0.2) is 13.2 Å². The smallest absolute Gasteiger partial charge is 0.400 e. The summed E-state index contributed by atoms with van der Waals surface area (Å²) in [5, 5.41) is -0.112. The van der Waals surface area contributed by atoms with Crippen LogP contribution in [0, 0.1) is 17.5 Å². The van der Waals surface area contributed by atoms with Crippen LogP contribution < -0.4 is 0 Å². The largest absolute Gasteiger partial charge is 0.491 e. The maximum atomic E-state index is 13.5. The van der Waals surface area contributed by atoms with E-state index in [0.717, 1.165) is 23.9 Å². The fraction of sp³-hybridized carbons (Fsp3) is 0.471. The number of benzene rings is 1. The van der Waals surface area contributed by atoms with E-state index in [1.165, 1.54) is 13.0 Å². The van der Waals surface area contributed by atoms with Crippen molar-refractivity contribution in [3.8, 4) is 0 Å². The van der Waals surface area contributed by atoms with Crippen LogP contribution in [0.4, 0.5) is 13.2 Å². The van der Waals surface area contributed by atoms with E-state index in [0.29, 0.717) is 5.47 Å². The molecule has 1 aromatic rings. The van der Waals surface area contributed by atoms with E-state index in [9.17, 15) is 18.0 Å². The summed E-state index contributed by atoms with van der Waals surface area (Å²) in [5.74, 6) is -3.85. The molecule has 1 fully saturated rings. The summed E-state index contributed by atoms with van der Waals surface area (Å²) in [7, 11) is -0.770. The number of rotatable bonds is 4. The van der Waals surface area contributed by atoms with Crippen LogP contribution in [0.25, 0.3) is 6.08 Å².